The highest BCUT2D eigenvalue weighted by Crippen LogP contribution is 2.35. The van der Waals surface area contributed by atoms with Crippen LogP contribution in [-0.2, 0) is 16.1 Å². The quantitative estimate of drug-likeness (QED) is 0.146. The average Bonchev–Trinajstić information content (AvgIpc) is 2.95. The molecule has 1 aliphatic rings. The summed E-state index contributed by atoms with van der Waals surface area (Å²) in [5.74, 6) is -1.68. The number of unbranched alkanes of at least 4 members (excludes halogenated alkanes) is 1. The number of carboxylic acid groups (broad SMARTS) is 1. The van der Waals surface area contributed by atoms with Crippen molar-refractivity contribution >= 4 is 40.6 Å². The van der Waals surface area contributed by atoms with Crippen molar-refractivity contribution in [3.8, 4) is 0 Å². The number of hydrogen-bond acceptors (Lipinski definition) is 7. The van der Waals surface area contributed by atoms with Crippen LogP contribution in [0.2, 0.25) is 5.02 Å². The van der Waals surface area contributed by atoms with Crippen LogP contribution >= 0.6 is 11.6 Å². The highest BCUT2D eigenvalue weighted by atomic mass is 35.5. The molecular weight excluding hydrogens is 542 g/mol. The number of nitrogens with zero attached hydrogens (tertiary/aromatic N) is 1. The van der Waals surface area contributed by atoms with Crippen LogP contribution in [0.4, 0.5) is 11.4 Å². The van der Waals surface area contributed by atoms with Crippen molar-refractivity contribution in [2.24, 2.45) is 5.73 Å². The summed E-state index contributed by atoms with van der Waals surface area (Å²) in [6.07, 6.45) is 1.74. The molecule has 2 unspecified atom stereocenters. The number of hydrogen-bond donors (Lipinski definition) is 5. The van der Waals surface area contributed by atoms with Gasteiger partial charge < -0.3 is 21.5 Å². The second-order valence-corrected chi connectivity index (χ2v) is 10.6. The van der Waals surface area contributed by atoms with Gasteiger partial charge in [0.05, 0.1) is 6.04 Å². The lowest BCUT2D eigenvalue weighted by atomic mass is 9.80. The molecule has 0 bridgehead atoms. The van der Waals surface area contributed by atoms with Gasteiger partial charge in [-0.05, 0) is 79.4 Å². The minimum absolute atomic E-state index is 0.162. The van der Waals surface area contributed by atoms with Gasteiger partial charge in [-0.3, -0.25) is 14.4 Å². The fraction of sp³-hybridized carbons (Fsp3) is 0.323. The van der Waals surface area contributed by atoms with Crippen LogP contribution in [0.25, 0.3) is 0 Å². The number of rotatable bonds is 13. The van der Waals surface area contributed by atoms with Crippen LogP contribution in [0.5, 0.6) is 0 Å². The lowest BCUT2D eigenvalue weighted by Crippen LogP contribution is -2.59. The van der Waals surface area contributed by atoms with Crippen molar-refractivity contribution in [2.75, 3.05) is 23.7 Å². The molecule has 3 aromatic carbocycles. The van der Waals surface area contributed by atoms with E-state index in [1.807, 2.05) is 42.5 Å². The van der Waals surface area contributed by atoms with E-state index in [4.69, 9.17) is 17.3 Å². The normalized spacial score (nSPS) is 17.3. The summed E-state index contributed by atoms with van der Waals surface area (Å²) in [4.78, 5) is 38.0. The third-order valence-electron chi connectivity index (χ3n) is 7.19. The van der Waals surface area contributed by atoms with Crippen LogP contribution in [0, 0.1) is 0 Å². The summed E-state index contributed by atoms with van der Waals surface area (Å²) < 4.78 is 0. The number of carbonyl (C=O) groups excluding carboxylic acids is 2. The second-order valence-electron chi connectivity index (χ2n) is 10.2. The minimum Gasteiger partial charge on any atom is -0.480 e. The zero-order valence-corrected chi connectivity index (χ0v) is 23.7. The molecule has 1 amide bonds. The van der Waals surface area contributed by atoms with Crippen molar-refractivity contribution < 1.29 is 19.5 Å². The van der Waals surface area contributed by atoms with E-state index in [1.54, 1.807) is 35.3 Å². The number of carboxylic acids is 1. The zero-order chi connectivity index (χ0) is 29.4. The molecule has 0 spiro atoms. The van der Waals surface area contributed by atoms with Crippen LogP contribution in [0.15, 0.2) is 72.8 Å². The first-order valence-corrected chi connectivity index (χ1v) is 14.1. The number of carbonyl (C=O) groups is 3. The Morgan fingerprint density at radius 1 is 1.02 bits per heavy atom. The number of anilines is 2. The van der Waals surface area contributed by atoms with E-state index in [2.05, 4.69) is 16.1 Å². The molecule has 0 saturated heterocycles. The van der Waals surface area contributed by atoms with Gasteiger partial charge in [0.25, 0.3) is 0 Å². The van der Waals surface area contributed by atoms with Crippen molar-refractivity contribution in [3.63, 3.8) is 0 Å². The minimum atomic E-state index is -0.986. The van der Waals surface area contributed by atoms with Gasteiger partial charge in [0.1, 0.15) is 6.04 Å². The van der Waals surface area contributed by atoms with Crippen LogP contribution in [0.3, 0.4) is 0 Å². The molecule has 10 heteroatoms. The number of ketones is 1. The summed E-state index contributed by atoms with van der Waals surface area (Å²) in [7, 11) is 0. The van der Waals surface area contributed by atoms with Gasteiger partial charge >= 0.3 is 5.97 Å². The number of amides is 1. The van der Waals surface area contributed by atoms with E-state index in [-0.39, 0.29) is 17.6 Å². The van der Waals surface area contributed by atoms with E-state index < -0.39 is 18.1 Å². The fourth-order valence-electron chi connectivity index (χ4n) is 5.24. The molecule has 6 N–H and O–H groups in total. The smallest absolute Gasteiger partial charge is 0.322 e. The number of nitrogens with one attached hydrogen (secondary N) is 3. The molecule has 1 aliphatic heterocycles. The van der Waals surface area contributed by atoms with Gasteiger partial charge in [-0.2, -0.15) is 0 Å². The molecule has 0 aliphatic carbocycles. The van der Waals surface area contributed by atoms with Crippen molar-refractivity contribution in [3.05, 3.63) is 94.5 Å². The summed E-state index contributed by atoms with van der Waals surface area (Å²) >= 11 is 6.21. The lowest BCUT2D eigenvalue weighted by molar-refractivity contribution is -0.142. The number of aliphatic carboxylic acids is 1. The summed E-state index contributed by atoms with van der Waals surface area (Å²) in [6.45, 7) is 2.66. The van der Waals surface area contributed by atoms with Crippen LogP contribution < -0.4 is 21.8 Å². The van der Waals surface area contributed by atoms with Gasteiger partial charge in [-0.25, -0.2) is 10.4 Å². The first-order chi connectivity index (χ1) is 19.8. The third-order valence-corrected chi connectivity index (χ3v) is 7.42. The Balaban J connectivity index is 1.71. The maximum Gasteiger partial charge on any atom is 0.322 e. The molecule has 0 fully saturated rings. The highest BCUT2D eigenvalue weighted by molar-refractivity contribution is 6.30. The molecule has 9 nitrogen and oxygen atoms in total. The molecule has 41 heavy (non-hydrogen) atoms. The van der Waals surface area contributed by atoms with E-state index in [9.17, 15) is 19.5 Å². The molecule has 0 aromatic heterocycles. The number of benzene rings is 3. The van der Waals surface area contributed by atoms with Gasteiger partial charge in [-0.1, -0.05) is 41.9 Å². The molecular formula is C31H36ClN5O4. The van der Waals surface area contributed by atoms with Gasteiger partial charge in [0, 0.05) is 47.9 Å². The Bertz CT molecular complexity index is 1370. The standard InChI is InChI=1S/C31H36ClN5O4/c1-20(38)35-24-14-12-21(13-15-24)30(39)29-27(18-34-25-9-6-8-23(32)17-25)26-10-3-2-7-22(26)19-37(29)36-28(31(40)41)11-4-5-16-33/h2-3,6-10,12-15,17,27-29,34,36H,4-5,11,16,18-19,33H2,1H3,(H,35,38)(H,40,41)/t27?,28-,29?/m1/s1. The largest absolute Gasteiger partial charge is 0.480 e. The van der Waals surface area contributed by atoms with Gasteiger partial charge in [0.15, 0.2) is 5.78 Å². The van der Waals surface area contributed by atoms with Crippen molar-refractivity contribution in [1.29, 1.82) is 0 Å². The molecule has 3 aromatic rings. The van der Waals surface area contributed by atoms with E-state index >= 15 is 0 Å². The third kappa shape index (κ3) is 7.92. The fourth-order valence-corrected chi connectivity index (χ4v) is 5.43. The van der Waals surface area contributed by atoms with E-state index in [0.717, 1.165) is 16.8 Å². The lowest BCUT2D eigenvalue weighted by Gasteiger charge is -2.43. The molecule has 3 atom stereocenters. The Morgan fingerprint density at radius 2 is 1.78 bits per heavy atom. The predicted octanol–water partition coefficient (Wildman–Crippen LogP) is 4.65. The first kappa shape index (κ1) is 30.2. The second kappa shape index (κ2) is 14.2. The molecule has 0 radical (unpaired) electrons. The molecule has 216 valence electrons. The topological polar surface area (TPSA) is 137 Å². The number of hydrazine groups is 1. The van der Waals surface area contributed by atoms with Crippen LogP contribution in [0.1, 0.15) is 53.6 Å². The van der Waals surface area contributed by atoms with Crippen molar-refractivity contribution in [1.82, 2.24) is 10.4 Å². The number of nitrogens with two attached hydrogens (primary N) is 1. The molecule has 1 heterocycles. The Hall–Kier alpha value is -3.76. The van der Waals surface area contributed by atoms with Gasteiger partial charge in [-0.15, -0.1) is 0 Å². The Kier molecular flexibility index (Phi) is 10.5. The van der Waals surface area contributed by atoms with E-state index in [1.165, 1.54) is 6.92 Å². The van der Waals surface area contributed by atoms with Crippen molar-refractivity contribution in [2.45, 2.75) is 50.7 Å². The Morgan fingerprint density at radius 3 is 2.46 bits per heavy atom. The van der Waals surface area contributed by atoms with Gasteiger partial charge in [0.2, 0.25) is 5.91 Å². The van der Waals surface area contributed by atoms with E-state index in [0.29, 0.717) is 55.2 Å². The monoisotopic (exact) mass is 577 g/mol. The SMILES string of the molecule is CC(=O)Nc1ccc(C(=O)C2C(CNc3cccc(Cl)c3)c3ccccc3CN2N[C@H](CCCCN)C(=O)O)cc1. The molecule has 0 saturated carbocycles. The Labute approximate surface area is 245 Å². The zero-order valence-electron chi connectivity index (χ0n) is 23.0. The first-order valence-electron chi connectivity index (χ1n) is 13.7. The number of Topliss-reactive ketones (excluding diaryl/α,β-unsaturated/α-hetero) is 1. The summed E-state index contributed by atoms with van der Waals surface area (Å²) in [5.41, 5.74) is 12.7. The predicted molar refractivity (Wildman–Crippen MR) is 161 cm³/mol. The van der Waals surface area contributed by atoms with Crippen LogP contribution in [-0.4, -0.2) is 52.9 Å². The maximum absolute atomic E-state index is 14.3. The summed E-state index contributed by atoms with van der Waals surface area (Å²) in [5, 5.41) is 18.5. The maximum atomic E-state index is 14.3. The summed E-state index contributed by atoms with van der Waals surface area (Å²) in [6, 6.07) is 20.4. The highest BCUT2D eigenvalue weighted by Gasteiger charge is 2.41. The number of halogens is 1. The number of fused-ring (bicyclic) bond motifs is 1. The molecule has 4 rings (SSSR count). The average molecular weight is 578 g/mol.